The molecule has 1 aromatic rings. The van der Waals surface area contributed by atoms with Crippen molar-refractivity contribution in [3.63, 3.8) is 0 Å². The van der Waals surface area contributed by atoms with Gasteiger partial charge in [-0.2, -0.15) is 0 Å². The smallest absolute Gasteiger partial charge is 0.325 e. The van der Waals surface area contributed by atoms with E-state index in [0.717, 1.165) is 19.4 Å². The van der Waals surface area contributed by atoms with Crippen molar-refractivity contribution in [2.75, 3.05) is 13.2 Å². The normalized spacial score (nSPS) is 28.3. The molecule has 1 aromatic carbocycles. The van der Waals surface area contributed by atoms with E-state index in [2.05, 4.69) is 5.32 Å². The van der Waals surface area contributed by atoms with E-state index in [9.17, 15) is 9.59 Å². The molecule has 2 saturated heterocycles. The zero-order valence-corrected chi connectivity index (χ0v) is 13.2. The topological polar surface area (TPSA) is 58.6 Å². The number of benzene rings is 1. The molecule has 5 nitrogen and oxygen atoms in total. The van der Waals surface area contributed by atoms with Crippen LogP contribution in [0.5, 0.6) is 0 Å². The Labute approximate surface area is 134 Å². The Bertz CT molecular complexity index is 601. The van der Waals surface area contributed by atoms with E-state index in [4.69, 9.17) is 16.3 Å². The van der Waals surface area contributed by atoms with Gasteiger partial charge in [0.15, 0.2) is 0 Å². The number of hydrogen-bond acceptors (Lipinski definition) is 3. The number of rotatable bonds is 4. The van der Waals surface area contributed by atoms with Crippen LogP contribution in [0.25, 0.3) is 0 Å². The SMILES string of the molecule is C[C@]1(c2cccc(Cl)c2)NC(=O)N(CC[C@@H]2CCCO2)C1=O. The fourth-order valence-corrected chi connectivity index (χ4v) is 3.23. The minimum absolute atomic E-state index is 0.152. The van der Waals surface area contributed by atoms with Crippen molar-refractivity contribution in [1.82, 2.24) is 10.2 Å². The highest BCUT2D eigenvalue weighted by atomic mass is 35.5. The summed E-state index contributed by atoms with van der Waals surface area (Å²) >= 11 is 6.00. The van der Waals surface area contributed by atoms with Crippen LogP contribution in [0.1, 0.15) is 31.7 Å². The summed E-state index contributed by atoms with van der Waals surface area (Å²) in [5.74, 6) is -0.238. The molecule has 3 amide bonds. The van der Waals surface area contributed by atoms with Gasteiger partial charge in [-0.1, -0.05) is 23.7 Å². The summed E-state index contributed by atoms with van der Waals surface area (Å²) in [6.45, 7) is 2.86. The van der Waals surface area contributed by atoms with Gasteiger partial charge in [0.2, 0.25) is 0 Å². The molecule has 1 N–H and O–H groups in total. The number of hydrogen-bond donors (Lipinski definition) is 1. The van der Waals surface area contributed by atoms with Gasteiger partial charge in [-0.25, -0.2) is 4.79 Å². The number of urea groups is 1. The number of halogens is 1. The van der Waals surface area contributed by atoms with Crippen molar-refractivity contribution in [3.8, 4) is 0 Å². The third kappa shape index (κ3) is 2.71. The quantitative estimate of drug-likeness (QED) is 0.867. The van der Waals surface area contributed by atoms with Crippen molar-refractivity contribution in [3.05, 3.63) is 34.9 Å². The lowest BCUT2D eigenvalue weighted by atomic mass is 9.92. The lowest BCUT2D eigenvalue weighted by Crippen LogP contribution is -2.41. The number of nitrogens with one attached hydrogen (secondary N) is 1. The molecule has 2 aliphatic heterocycles. The van der Waals surface area contributed by atoms with E-state index in [1.54, 1.807) is 31.2 Å². The Morgan fingerprint density at radius 3 is 2.95 bits per heavy atom. The fraction of sp³-hybridized carbons (Fsp3) is 0.500. The molecule has 0 aliphatic carbocycles. The van der Waals surface area contributed by atoms with Crippen LogP contribution in [0.4, 0.5) is 4.79 Å². The van der Waals surface area contributed by atoms with Gasteiger partial charge in [-0.15, -0.1) is 0 Å². The molecule has 0 aromatic heterocycles. The first-order valence-corrected chi connectivity index (χ1v) is 7.90. The van der Waals surface area contributed by atoms with Crippen LogP contribution >= 0.6 is 11.6 Å². The molecule has 0 saturated carbocycles. The molecule has 6 heteroatoms. The van der Waals surface area contributed by atoms with Crippen molar-refractivity contribution in [1.29, 1.82) is 0 Å². The van der Waals surface area contributed by atoms with E-state index < -0.39 is 5.54 Å². The van der Waals surface area contributed by atoms with Gasteiger partial charge >= 0.3 is 6.03 Å². The molecular weight excluding hydrogens is 304 g/mol. The predicted octanol–water partition coefficient (Wildman–Crippen LogP) is 2.68. The monoisotopic (exact) mass is 322 g/mol. The summed E-state index contributed by atoms with van der Waals surface area (Å²) in [5, 5.41) is 3.33. The lowest BCUT2D eigenvalue weighted by Gasteiger charge is -2.22. The molecule has 22 heavy (non-hydrogen) atoms. The van der Waals surface area contributed by atoms with Gasteiger partial charge in [0.05, 0.1) is 6.10 Å². The zero-order chi connectivity index (χ0) is 15.7. The second-order valence-electron chi connectivity index (χ2n) is 5.95. The Kier molecular flexibility index (Phi) is 4.10. The number of nitrogens with zero attached hydrogens (tertiary/aromatic N) is 1. The first-order valence-electron chi connectivity index (χ1n) is 7.52. The Morgan fingerprint density at radius 2 is 2.27 bits per heavy atom. The lowest BCUT2D eigenvalue weighted by molar-refractivity contribution is -0.131. The molecule has 3 rings (SSSR count). The molecule has 0 radical (unpaired) electrons. The van der Waals surface area contributed by atoms with Crippen molar-refractivity contribution in [2.24, 2.45) is 0 Å². The zero-order valence-electron chi connectivity index (χ0n) is 12.5. The fourth-order valence-electron chi connectivity index (χ4n) is 3.04. The van der Waals surface area contributed by atoms with Crippen LogP contribution in [0.2, 0.25) is 5.02 Å². The largest absolute Gasteiger partial charge is 0.378 e. The van der Waals surface area contributed by atoms with Crippen LogP contribution in [0, 0.1) is 0 Å². The number of amides is 3. The third-order valence-electron chi connectivity index (χ3n) is 4.38. The summed E-state index contributed by atoms with van der Waals surface area (Å²) in [5.41, 5.74) is -0.364. The number of carbonyl (C=O) groups is 2. The van der Waals surface area contributed by atoms with Crippen molar-refractivity contribution < 1.29 is 14.3 Å². The van der Waals surface area contributed by atoms with Gasteiger partial charge < -0.3 is 10.1 Å². The second kappa shape index (κ2) is 5.89. The summed E-state index contributed by atoms with van der Waals surface area (Å²) < 4.78 is 5.55. The van der Waals surface area contributed by atoms with Gasteiger partial charge in [-0.05, 0) is 43.9 Å². The average molecular weight is 323 g/mol. The molecule has 2 atom stereocenters. The molecular formula is C16H19ClN2O3. The first kappa shape index (κ1) is 15.3. The van der Waals surface area contributed by atoms with Crippen LogP contribution in [0.3, 0.4) is 0 Å². The first-order chi connectivity index (χ1) is 10.5. The maximum Gasteiger partial charge on any atom is 0.325 e. The van der Waals surface area contributed by atoms with E-state index in [0.29, 0.717) is 23.6 Å². The van der Waals surface area contributed by atoms with Gasteiger partial charge in [0.25, 0.3) is 5.91 Å². The van der Waals surface area contributed by atoms with Crippen molar-refractivity contribution >= 4 is 23.5 Å². The molecule has 0 bridgehead atoms. The number of ether oxygens (including phenoxy) is 1. The summed E-state index contributed by atoms with van der Waals surface area (Å²) in [6.07, 6.45) is 2.88. The van der Waals surface area contributed by atoms with E-state index in [-0.39, 0.29) is 18.0 Å². The molecule has 118 valence electrons. The highest BCUT2D eigenvalue weighted by Crippen LogP contribution is 2.30. The average Bonchev–Trinajstić information content (AvgIpc) is 3.06. The van der Waals surface area contributed by atoms with Crippen LogP contribution in [-0.2, 0) is 15.1 Å². The third-order valence-corrected chi connectivity index (χ3v) is 4.61. The highest BCUT2D eigenvalue weighted by molar-refractivity contribution is 6.30. The summed E-state index contributed by atoms with van der Waals surface area (Å²) in [6, 6.07) is 6.67. The second-order valence-corrected chi connectivity index (χ2v) is 6.38. The standard InChI is InChI=1S/C16H19ClN2O3/c1-16(11-4-2-5-12(17)10-11)14(20)19(15(21)18-16)8-7-13-6-3-9-22-13/h2,4-5,10,13H,3,6-9H2,1H3,(H,18,21)/t13-,16+/m0/s1. The van der Waals surface area contributed by atoms with Gasteiger partial charge in [-0.3, -0.25) is 9.69 Å². The van der Waals surface area contributed by atoms with E-state index in [1.165, 1.54) is 4.90 Å². The minimum atomic E-state index is -1.06. The molecule has 0 spiro atoms. The predicted molar refractivity (Wildman–Crippen MR) is 82.6 cm³/mol. The highest BCUT2D eigenvalue weighted by Gasteiger charge is 2.48. The Balaban J connectivity index is 1.75. The van der Waals surface area contributed by atoms with Crippen LogP contribution in [-0.4, -0.2) is 36.1 Å². The molecule has 0 unspecified atom stereocenters. The Hall–Kier alpha value is -1.59. The van der Waals surface area contributed by atoms with Gasteiger partial charge in [0, 0.05) is 18.2 Å². The van der Waals surface area contributed by atoms with E-state index >= 15 is 0 Å². The van der Waals surface area contributed by atoms with Crippen LogP contribution in [0.15, 0.2) is 24.3 Å². The van der Waals surface area contributed by atoms with Crippen LogP contribution < -0.4 is 5.32 Å². The summed E-state index contributed by atoms with van der Waals surface area (Å²) in [7, 11) is 0. The van der Waals surface area contributed by atoms with E-state index in [1.807, 2.05) is 0 Å². The molecule has 2 heterocycles. The number of carbonyl (C=O) groups excluding carboxylic acids is 2. The minimum Gasteiger partial charge on any atom is -0.378 e. The summed E-state index contributed by atoms with van der Waals surface area (Å²) in [4.78, 5) is 26.2. The maximum atomic E-state index is 12.7. The Morgan fingerprint density at radius 1 is 1.45 bits per heavy atom. The molecule has 2 fully saturated rings. The number of imide groups is 1. The molecule has 2 aliphatic rings. The maximum absolute atomic E-state index is 12.7. The van der Waals surface area contributed by atoms with Crippen molar-refractivity contribution in [2.45, 2.75) is 37.8 Å². The van der Waals surface area contributed by atoms with Gasteiger partial charge in [0.1, 0.15) is 5.54 Å².